The molecule has 0 fully saturated rings. The number of phenols is 1. The molecule has 0 aromatic heterocycles. The van der Waals surface area contributed by atoms with Crippen LogP contribution >= 0.6 is 23.2 Å². The molecule has 0 aliphatic carbocycles. The summed E-state index contributed by atoms with van der Waals surface area (Å²) in [6.45, 7) is 0. The quantitative estimate of drug-likeness (QED) is 0.813. The van der Waals surface area contributed by atoms with E-state index in [9.17, 15) is 18.3 Å². The van der Waals surface area contributed by atoms with Gasteiger partial charge in [0.15, 0.2) is 0 Å². The van der Waals surface area contributed by atoms with Gasteiger partial charge in [0, 0.05) is 5.56 Å². The number of aromatic hydroxyl groups is 1. The topological polar surface area (TPSA) is 46.2 Å². The molecule has 0 heterocycles. The first kappa shape index (κ1) is 12.4. The first-order chi connectivity index (χ1) is 6.75. The van der Waals surface area contributed by atoms with Crippen LogP contribution in [0.5, 0.6) is 5.75 Å². The van der Waals surface area contributed by atoms with E-state index in [1.807, 2.05) is 0 Å². The molecule has 2 nitrogen and oxygen atoms in total. The Hall–Kier alpha value is -0.650. The number of phenolic OH excluding ortho intramolecular Hbond substituents is 1. The molecule has 1 atom stereocenters. The van der Waals surface area contributed by atoms with Crippen LogP contribution in [-0.4, -0.2) is 11.3 Å². The first-order valence-electron chi connectivity index (χ1n) is 3.74. The van der Waals surface area contributed by atoms with E-state index in [0.717, 1.165) is 12.1 Å². The van der Waals surface area contributed by atoms with Gasteiger partial charge < -0.3 is 10.8 Å². The van der Waals surface area contributed by atoms with Gasteiger partial charge in [0.2, 0.25) is 0 Å². The van der Waals surface area contributed by atoms with Gasteiger partial charge in [-0.2, -0.15) is 13.2 Å². The smallest absolute Gasteiger partial charge is 0.407 e. The van der Waals surface area contributed by atoms with E-state index >= 15 is 0 Å². The summed E-state index contributed by atoms with van der Waals surface area (Å²) in [6, 6.07) is -0.154. The lowest BCUT2D eigenvalue weighted by Crippen LogP contribution is -2.28. The van der Waals surface area contributed by atoms with Crippen LogP contribution in [0.25, 0.3) is 0 Å². The van der Waals surface area contributed by atoms with E-state index in [1.165, 1.54) is 0 Å². The largest absolute Gasteiger partial charge is 0.506 e. The molecule has 1 aromatic rings. The Morgan fingerprint density at radius 1 is 1.27 bits per heavy atom. The van der Waals surface area contributed by atoms with Crippen molar-refractivity contribution in [2.75, 3.05) is 0 Å². The Kier molecular flexibility index (Phi) is 3.38. The molecule has 3 N–H and O–H groups in total. The minimum absolute atomic E-state index is 0.0349. The van der Waals surface area contributed by atoms with Crippen molar-refractivity contribution in [2.45, 2.75) is 12.2 Å². The molecule has 0 saturated carbocycles. The van der Waals surface area contributed by atoms with Crippen LogP contribution in [0.15, 0.2) is 12.1 Å². The molecule has 0 radical (unpaired) electrons. The highest BCUT2D eigenvalue weighted by Gasteiger charge is 2.39. The van der Waals surface area contributed by atoms with Crippen molar-refractivity contribution in [1.29, 1.82) is 0 Å². The summed E-state index contributed by atoms with van der Waals surface area (Å²) in [5.74, 6) is -0.742. The fourth-order valence-corrected chi connectivity index (χ4v) is 1.31. The van der Waals surface area contributed by atoms with E-state index in [0.29, 0.717) is 0 Å². The Morgan fingerprint density at radius 3 is 2.27 bits per heavy atom. The lowest BCUT2D eigenvalue weighted by Gasteiger charge is -2.17. The third-order valence-corrected chi connectivity index (χ3v) is 2.58. The normalized spacial score (nSPS) is 14.0. The second kappa shape index (κ2) is 4.08. The fraction of sp³-hybridized carbons (Fsp3) is 0.250. The highest BCUT2D eigenvalue weighted by atomic mass is 35.5. The number of rotatable bonds is 1. The van der Waals surface area contributed by atoms with E-state index in [4.69, 9.17) is 28.9 Å². The Bertz CT molecular complexity index is 381. The molecular formula is C8H6Cl2F3NO. The molecule has 0 bridgehead atoms. The number of halogens is 5. The number of hydrogen-bond acceptors (Lipinski definition) is 2. The molecule has 1 aromatic carbocycles. The van der Waals surface area contributed by atoms with Crippen LogP contribution in [0.1, 0.15) is 11.6 Å². The zero-order chi connectivity index (χ0) is 11.8. The van der Waals surface area contributed by atoms with Gasteiger partial charge in [0.1, 0.15) is 16.8 Å². The predicted octanol–water partition coefficient (Wildman–Crippen LogP) is 3.26. The summed E-state index contributed by atoms with van der Waals surface area (Å²) in [6.07, 6.45) is -4.64. The van der Waals surface area contributed by atoms with Gasteiger partial charge in [-0.3, -0.25) is 0 Å². The SMILES string of the molecule is N[C@H](c1ccc(Cl)c(Cl)c1O)C(F)(F)F. The number of nitrogens with two attached hydrogens (primary N) is 1. The predicted molar refractivity (Wildman–Crippen MR) is 51.1 cm³/mol. The maximum absolute atomic E-state index is 12.2. The van der Waals surface area contributed by atoms with Crippen LogP contribution in [0.4, 0.5) is 13.2 Å². The van der Waals surface area contributed by atoms with Gasteiger partial charge in [-0.1, -0.05) is 29.3 Å². The van der Waals surface area contributed by atoms with Gasteiger partial charge in [-0.05, 0) is 6.07 Å². The highest BCUT2D eigenvalue weighted by molar-refractivity contribution is 6.43. The summed E-state index contributed by atoms with van der Waals surface area (Å²) >= 11 is 11.0. The Labute approximate surface area is 93.4 Å². The van der Waals surface area contributed by atoms with Crippen LogP contribution in [0.3, 0.4) is 0 Å². The lowest BCUT2D eigenvalue weighted by molar-refractivity contribution is -0.149. The molecular weight excluding hydrogens is 254 g/mol. The van der Waals surface area contributed by atoms with Crippen molar-refractivity contribution in [3.05, 3.63) is 27.7 Å². The Balaban J connectivity index is 3.23. The minimum atomic E-state index is -4.64. The van der Waals surface area contributed by atoms with Crippen LogP contribution in [0.2, 0.25) is 10.0 Å². The zero-order valence-corrected chi connectivity index (χ0v) is 8.66. The summed E-state index contributed by atoms with van der Waals surface area (Å²) < 4.78 is 36.7. The minimum Gasteiger partial charge on any atom is -0.506 e. The molecule has 1 rings (SSSR count). The first-order valence-corrected chi connectivity index (χ1v) is 4.50. The van der Waals surface area contributed by atoms with Crippen molar-refractivity contribution in [1.82, 2.24) is 0 Å². The zero-order valence-electron chi connectivity index (χ0n) is 7.15. The standard InChI is InChI=1S/C8H6Cl2F3NO/c9-4-2-1-3(6(15)5(4)10)7(14)8(11,12)13/h1-2,7,15H,14H2/t7-/m1/s1. The molecule has 0 amide bonds. The molecule has 15 heavy (non-hydrogen) atoms. The summed E-state index contributed by atoms with van der Waals surface area (Å²) in [7, 11) is 0. The maximum Gasteiger partial charge on any atom is 0.407 e. The molecule has 0 saturated heterocycles. The van der Waals surface area contributed by atoms with E-state index in [-0.39, 0.29) is 10.0 Å². The molecule has 84 valence electrons. The lowest BCUT2D eigenvalue weighted by atomic mass is 10.1. The number of alkyl halides is 3. The molecule has 7 heteroatoms. The summed E-state index contributed by atoms with van der Waals surface area (Å²) in [5, 5.41) is 8.94. The third kappa shape index (κ3) is 2.48. The second-order valence-corrected chi connectivity index (χ2v) is 3.60. The van der Waals surface area contributed by atoms with E-state index < -0.39 is 23.5 Å². The third-order valence-electron chi connectivity index (χ3n) is 1.79. The summed E-state index contributed by atoms with van der Waals surface area (Å²) in [4.78, 5) is 0. The molecule has 0 aliphatic heterocycles. The van der Waals surface area contributed by atoms with Gasteiger partial charge in [0.05, 0.1) is 5.02 Å². The van der Waals surface area contributed by atoms with E-state index in [1.54, 1.807) is 0 Å². The average molecular weight is 260 g/mol. The van der Waals surface area contributed by atoms with Gasteiger partial charge in [0.25, 0.3) is 0 Å². The molecule has 0 aliphatic rings. The second-order valence-electron chi connectivity index (χ2n) is 2.82. The maximum atomic E-state index is 12.2. The highest BCUT2D eigenvalue weighted by Crippen LogP contribution is 2.40. The Morgan fingerprint density at radius 2 is 1.80 bits per heavy atom. The van der Waals surface area contributed by atoms with Gasteiger partial charge in [-0.15, -0.1) is 0 Å². The van der Waals surface area contributed by atoms with Crippen molar-refractivity contribution in [2.24, 2.45) is 5.73 Å². The number of hydrogen-bond donors (Lipinski definition) is 2. The monoisotopic (exact) mass is 259 g/mol. The van der Waals surface area contributed by atoms with Crippen molar-refractivity contribution < 1.29 is 18.3 Å². The van der Waals surface area contributed by atoms with Crippen molar-refractivity contribution in [3.63, 3.8) is 0 Å². The van der Waals surface area contributed by atoms with Crippen molar-refractivity contribution in [3.8, 4) is 5.75 Å². The van der Waals surface area contributed by atoms with Crippen LogP contribution < -0.4 is 5.73 Å². The van der Waals surface area contributed by atoms with Crippen LogP contribution in [0, 0.1) is 0 Å². The fourth-order valence-electron chi connectivity index (χ4n) is 0.982. The van der Waals surface area contributed by atoms with Crippen molar-refractivity contribution >= 4 is 23.2 Å². The average Bonchev–Trinajstić information content (AvgIpc) is 2.12. The number of benzene rings is 1. The molecule has 0 unspecified atom stereocenters. The summed E-state index contributed by atoms with van der Waals surface area (Å²) in [5.41, 5.74) is 4.40. The van der Waals surface area contributed by atoms with Crippen LogP contribution in [-0.2, 0) is 0 Å². The molecule has 0 spiro atoms. The van der Waals surface area contributed by atoms with E-state index in [2.05, 4.69) is 0 Å². The van der Waals surface area contributed by atoms with Gasteiger partial charge in [-0.25, -0.2) is 0 Å². The van der Waals surface area contributed by atoms with Gasteiger partial charge >= 0.3 is 6.18 Å².